The van der Waals surface area contributed by atoms with E-state index in [9.17, 15) is 4.79 Å². The van der Waals surface area contributed by atoms with Gasteiger partial charge >= 0.3 is 5.97 Å². The first-order valence-electron chi connectivity index (χ1n) is 4.01. The molecule has 1 fully saturated rings. The summed E-state index contributed by atoms with van der Waals surface area (Å²) >= 11 is 0. The average molecular weight is 188 g/mol. The summed E-state index contributed by atoms with van der Waals surface area (Å²) in [5.41, 5.74) is 0.248. The zero-order valence-corrected chi connectivity index (χ0v) is 8.24. The molecule has 1 aliphatic heterocycles. The van der Waals surface area contributed by atoms with Gasteiger partial charge in [0.05, 0.1) is 0 Å². The van der Waals surface area contributed by atoms with E-state index in [1.54, 1.807) is 0 Å². The first kappa shape index (κ1) is 12.1. The largest absolute Gasteiger partial charge is 0.478 e. The van der Waals surface area contributed by atoms with Gasteiger partial charge in [0, 0.05) is 6.08 Å². The van der Waals surface area contributed by atoms with E-state index in [0.29, 0.717) is 6.10 Å². The van der Waals surface area contributed by atoms with E-state index in [1.165, 1.54) is 0 Å². The predicted octanol–water partition coefficient (Wildman–Crippen LogP) is 1.62. The molecule has 0 saturated carbocycles. The molecule has 1 heterocycles. The molecule has 0 radical (unpaired) electrons. The molecule has 13 heavy (non-hydrogen) atoms. The van der Waals surface area contributed by atoms with Crippen LogP contribution in [-0.4, -0.2) is 23.8 Å². The van der Waals surface area contributed by atoms with Crippen LogP contribution in [0.5, 0.6) is 0 Å². The van der Waals surface area contributed by atoms with E-state index < -0.39 is 5.97 Å². The first-order valence-corrected chi connectivity index (χ1v) is 4.01. The molecule has 76 valence electrons. The first-order chi connectivity index (χ1) is 5.88. The highest BCUT2D eigenvalue weighted by atomic mass is 17.2. The van der Waals surface area contributed by atoms with Crippen LogP contribution in [0.1, 0.15) is 20.8 Å². The van der Waals surface area contributed by atoms with Crippen molar-refractivity contribution in [2.24, 2.45) is 5.41 Å². The summed E-state index contributed by atoms with van der Waals surface area (Å²) in [7, 11) is 0. The lowest BCUT2D eigenvalue weighted by molar-refractivity contribution is -0.442. The van der Waals surface area contributed by atoms with Gasteiger partial charge in [-0.05, 0) is 5.41 Å². The second-order valence-electron chi connectivity index (χ2n) is 3.78. The second kappa shape index (κ2) is 4.99. The third-order valence-corrected chi connectivity index (χ3v) is 1.54. The van der Waals surface area contributed by atoms with E-state index >= 15 is 0 Å². The van der Waals surface area contributed by atoms with Crippen LogP contribution in [0.3, 0.4) is 0 Å². The Kier molecular flexibility index (Phi) is 4.66. The Morgan fingerprint density at radius 2 is 2.00 bits per heavy atom. The molecule has 0 aromatic carbocycles. The van der Waals surface area contributed by atoms with Crippen LogP contribution >= 0.6 is 0 Å². The number of carbonyl (C=O) groups is 1. The molecule has 0 aliphatic carbocycles. The zero-order valence-electron chi connectivity index (χ0n) is 8.24. The molecule has 0 spiro atoms. The van der Waals surface area contributed by atoms with E-state index in [1.807, 2.05) is 0 Å². The van der Waals surface area contributed by atoms with Crippen molar-refractivity contribution in [3.05, 3.63) is 12.7 Å². The fourth-order valence-electron chi connectivity index (χ4n) is 0.530. The number of rotatable bonds is 1. The van der Waals surface area contributed by atoms with Gasteiger partial charge in [-0.1, -0.05) is 27.4 Å². The van der Waals surface area contributed by atoms with Gasteiger partial charge in [0.25, 0.3) is 0 Å². The van der Waals surface area contributed by atoms with Gasteiger partial charge in [-0.15, -0.1) is 0 Å². The molecule has 0 amide bonds. The summed E-state index contributed by atoms with van der Waals surface area (Å²) < 4.78 is 0. The monoisotopic (exact) mass is 188 g/mol. The maximum atomic E-state index is 9.25. The fourth-order valence-corrected chi connectivity index (χ4v) is 0.530. The number of carboxylic acids is 1. The lowest BCUT2D eigenvalue weighted by Gasteiger charge is -2.35. The summed E-state index contributed by atoms with van der Waals surface area (Å²) in [6, 6.07) is 0. The van der Waals surface area contributed by atoms with Crippen molar-refractivity contribution in [3.8, 4) is 0 Å². The minimum Gasteiger partial charge on any atom is -0.478 e. The molecule has 1 aliphatic rings. The average Bonchev–Trinajstić information content (AvgIpc) is 1.80. The summed E-state index contributed by atoms with van der Waals surface area (Å²) in [6.45, 7) is 10.1. The summed E-state index contributed by atoms with van der Waals surface area (Å²) in [5, 5.41) is 7.60. The fraction of sp³-hybridized carbons (Fsp3) is 0.667. The van der Waals surface area contributed by atoms with Gasteiger partial charge in [-0.2, -0.15) is 0 Å². The molecule has 4 heteroatoms. The van der Waals surface area contributed by atoms with Crippen LogP contribution < -0.4 is 0 Å². The van der Waals surface area contributed by atoms with Gasteiger partial charge < -0.3 is 5.11 Å². The molecule has 0 aromatic heterocycles. The number of hydrogen-bond donors (Lipinski definition) is 1. The lowest BCUT2D eigenvalue weighted by atomic mass is 9.89. The summed E-state index contributed by atoms with van der Waals surface area (Å²) in [5.74, 6) is -0.981. The molecule has 1 saturated heterocycles. The molecular weight excluding hydrogens is 172 g/mol. The number of hydrogen-bond acceptors (Lipinski definition) is 3. The van der Waals surface area contributed by atoms with Crippen LogP contribution in [0.2, 0.25) is 0 Å². The Morgan fingerprint density at radius 1 is 1.62 bits per heavy atom. The van der Waals surface area contributed by atoms with Gasteiger partial charge in [0.2, 0.25) is 0 Å². The van der Waals surface area contributed by atoms with Crippen molar-refractivity contribution in [1.82, 2.24) is 0 Å². The maximum Gasteiger partial charge on any atom is 0.327 e. The standard InChI is InChI=1S/C6H12O2.C3H4O2/c1-6(2,3)5-4-7-8-5;1-2-3(4)5/h5H,4H2,1-3H3;2H,1H2,(H,4,5). The van der Waals surface area contributed by atoms with Gasteiger partial charge in [-0.3, -0.25) is 0 Å². The molecule has 1 atom stereocenters. The van der Waals surface area contributed by atoms with Crippen molar-refractivity contribution >= 4 is 5.97 Å². The van der Waals surface area contributed by atoms with E-state index in [2.05, 4.69) is 32.2 Å². The SMILES string of the molecule is C=CC(=O)O.CC(C)(C)C1COO1. The molecule has 0 aromatic rings. The smallest absolute Gasteiger partial charge is 0.327 e. The highest BCUT2D eigenvalue weighted by Crippen LogP contribution is 2.27. The minimum atomic E-state index is -0.981. The normalized spacial score (nSPS) is 20.7. The van der Waals surface area contributed by atoms with Gasteiger partial charge in [0.1, 0.15) is 12.7 Å². The Bertz CT molecular complexity index is 177. The zero-order chi connectivity index (χ0) is 10.5. The van der Waals surface area contributed by atoms with Crippen LogP contribution in [0.4, 0.5) is 0 Å². The maximum absolute atomic E-state index is 9.25. The summed E-state index contributed by atoms with van der Waals surface area (Å²) in [6.07, 6.45) is 1.14. The molecule has 0 bridgehead atoms. The van der Waals surface area contributed by atoms with Gasteiger partial charge in [0.15, 0.2) is 0 Å². The highest BCUT2D eigenvalue weighted by Gasteiger charge is 2.33. The topological polar surface area (TPSA) is 55.8 Å². The van der Waals surface area contributed by atoms with Crippen molar-refractivity contribution in [2.75, 3.05) is 6.61 Å². The predicted molar refractivity (Wildman–Crippen MR) is 48.1 cm³/mol. The van der Waals surface area contributed by atoms with Crippen molar-refractivity contribution in [1.29, 1.82) is 0 Å². The quantitative estimate of drug-likeness (QED) is 0.502. The Hall–Kier alpha value is -0.870. The molecule has 1 unspecified atom stereocenters. The third-order valence-electron chi connectivity index (χ3n) is 1.54. The Balaban J connectivity index is 0.000000252. The van der Waals surface area contributed by atoms with Crippen LogP contribution in [0.15, 0.2) is 12.7 Å². The second-order valence-corrected chi connectivity index (χ2v) is 3.78. The van der Waals surface area contributed by atoms with E-state index in [-0.39, 0.29) is 5.41 Å². The Morgan fingerprint density at radius 3 is 2.00 bits per heavy atom. The molecule has 1 N–H and O–H groups in total. The van der Waals surface area contributed by atoms with E-state index in [0.717, 1.165) is 12.7 Å². The third kappa shape index (κ3) is 5.38. The van der Waals surface area contributed by atoms with Crippen molar-refractivity contribution < 1.29 is 19.7 Å². The number of aliphatic carboxylic acids is 1. The minimum absolute atomic E-state index is 0.248. The molecular formula is C9H16O4. The van der Waals surface area contributed by atoms with Crippen LogP contribution in [-0.2, 0) is 14.6 Å². The summed E-state index contributed by atoms with van der Waals surface area (Å²) in [4.78, 5) is 18.6. The van der Waals surface area contributed by atoms with Crippen LogP contribution in [0.25, 0.3) is 0 Å². The van der Waals surface area contributed by atoms with Crippen molar-refractivity contribution in [3.63, 3.8) is 0 Å². The van der Waals surface area contributed by atoms with E-state index in [4.69, 9.17) is 9.99 Å². The van der Waals surface area contributed by atoms with Gasteiger partial charge in [-0.25, -0.2) is 14.6 Å². The van der Waals surface area contributed by atoms with Crippen LogP contribution in [0, 0.1) is 5.41 Å². The number of carboxylic acid groups (broad SMARTS) is 1. The molecule has 1 rings (SSSR count). The highest BCUT2D eigenvalue weighted by molar-refractivity contribution is 5.78. The Labute approximate surface area is 78.1 Å². The molecule has 4 nitrogen and oxygen atoms in total. The van der Waals surface area contributed by atoms with Crippen molar-refractivity contribution in [2.45, 2.75) is 26.9 Å². The lowest BCUT2D eigenvalue weighted by Crippen LogP contribution is -2.41.